The molecule has 1 aliphatic carbocycles. The lowest BCUT2D eigenvalue weighted by Crippen LogP contribution is -2.17. The Kier molecular flexibility index (Phi) is 3.97. The summed E-state index contributed by atoms with van der Waals surface area (Å²) < 4.78 is 7.81. The second-order valence-corrected chi connectivity index (χ2v) is 6.03. The molecule has 0 radical (unpaired) electrons. The van der Waals surface area contributed by atoms with Gasteiger partial charge < -0.3 is 10.5 Å². The van der Waals surface area contributed by atoms with Crippen LogP contribution in [0.4, 0.5) is 0 Å². The van der Waals surface area contributed by atoms with E-state index in [0.717, 1.165) is 24.3 Å². The summed E-state index contributed by atoms with van der Waals surface area (Å²) in [5.41, 5.74) is 9.75. The third-order valence-corrected chi connectivity index (χ3v) is 4.06. The third-order valence-electron chi connectivity index (χ3n) is 4.06. The normalized spacial score (nSPS) is 17.8. The molecular weight excluding hydrogens is 262 g/mol. The van der Waals surface area contributed by atoms with Crippen molar-refractivity contribution in [2.45, 2.75) is 51.8 Å². The minimum absolute atomic E-state index is 0.150. The van der Waals surface area contributed by atoms with Crippen molar-refractivity contribution in [3.8, 4) is 5.75 Å². The zero-order chi connectivity index (χ0) is 14.8. The van der Waals surface area contributed by atoms with E-state index in [-0.39, 0.29) is 6.04 Å². The van der Waals surface area contributed by atoms with Gasteiger partial charge in [-0.05, 0) is 62.4 Å². The monoisotopic (exact) mass is 285 g/mol. The highest BCUT2D eigenvalue weighted by molar-refractivity contribution is 5.39. The lowest BCUT2D eigenvalue weighted by molar-refractivity contribution is 0.298. The molecular formula is C17H23N3O. The quantitative estimate of drug-likeness (QED) is 0.937. The van der Waals surface area contributed by atoms with Gasteiger partial charge in [-0.15, -0.1) is 0 Å². The van der Waals surface area contributed by atoms with Crippen LogP contribution in [-0.4, -0.2) is 9.78 Å². The second kappa shape index (κ2) is 5.90. The molecule has 1 atom stereocenters. The highest BCUT2D eigenvalue weighted by Gasteiger charge is 2.17. The zero-order valence-electron chi connectivity index (χ0n) is 12.7. The van der Waals surface area contributed by atoms with Gasteiger partial charge in [0, 0.05) is 18.3 Å². The summed E-state index contributed by atoms with van der Waals surface area (Å²) in [6.45, 7) is 4.72. The van der Waals surface area contributed by atoms with Crippen LogP contribution < -0.4 is 10.5 Å². The van der Waals surface area contributed by atoms with Crippen LogP contribution in [0.2, 0.25) is 0 Å². The predicted molar refractivity (Wildman–Crippen MR) is 83.3 cm³/mol. The summed E-state index contributed by atoms with van der Waals surface area (Å²) in [5, 5.41) is 4.49. The minimum atomic E-state index is 0.150. The molecule has 0 bridgehead atoms. The molecule has 0 saturated heterocycles. The number of ether oxygens (including phenoxy) is 1. The maximum Gasteiger partial charge on any atom is 0.132 e. The zero-order valence-corrected chi connectivity index (χ0v) is 12.7. The molecule has 3 rings (SSSR count). The van der Waals surface area contributed by atoms with Gasteiger partial charge in [-0.3, -0.25) is 4.68 Å². The minimum Gasteiger partial charge on any atom is -0.487 e. The molecule has 0 amide bonds. The SMILES string of the molecule is CC(C)n1ccc(COc2ccc3c(c2)[C@@H](N)CCC3)n1. The second-order valence-electron chi connectivity index (χ2n) is 6.03. The first kappa shape index (κ1) is 14.1. The molecule has 0 saturated carbocycles. The van der Waals surface area contributed by atoms with E-state index >= 15 is 0 Å². The van der Waals surface area contributed by atoms with Crippen molar-refractivity contribution in [3.05, 3.63) is 47.3 Å². The molecule has 1 aromatic carbocycles. The maximum atomic E-state index is 6.19. The maximum absolute atomic E-state index is 6.19. The van der Waals surface area contributed by atoms with E-state index in [1.54, 1.807) is 0 Å². The van der Waals surface area contributed by atoms with Crippen LogP contribution in [0.25, 0.3) is 0 Å². The van der Waals surface area contributed by atoms with E-state index < -0.39 is 0 Å². The van der Waals surface area contributed by atoms with Crippen LogP contribution >= 0.6 is 0 Å². The number of benzene rings is 1. The summed E-state index contributed by atoms with van der Waals surface area (Å²) in [4.78, 5) is 0. The number of fused-ring (bicyclic) bond motifs is 1. The molecule has 2 aromatic rings. The molecule has 1 aromatic heterocycles. The highest BCUT2D eigenvalue weighted by Crippen LogP contribution is 2.31. The molecule has 4 heteroatoms. The van der Waals surface area contributed by atoms with Crippen LogP contribution in [0.1, 0.15) is 55.6 Å². The van der Waals surface area contributed by atoms with Crippen molar-refractivity contribution in [2.75, 3.05) is 0 Å². The fourth-order valence-electron chi connectivity index (χ4n) is 2.80. The number of aromatic nitrogens is 2. The summed E-state index contributed by atoms with van der Waals surface area (Å²) in [7, 11) is 0. The van der Waals surface area contributed by atoms with Crippen molar-refractivity contribution >= 4 is 0 Å². The molecule has 112 valence electrons. The Bertz CT molecular complexity index is 618. The van der Waals surface area contributed by atoms with Gasteiger partial charge in [0.1, 0.15) is 12.4 Å². The Hall–Kier alpha value is -1.81. The van der Waals surface area contributed by atoms with E-state index in [2.05, 4.69) is 31.1 Å². The lowest BCUT2D eigenvalue weighted by atomic mass is 9.88. The lowest BCUT2D eigenvalue weighted by Gasteiger charge is -2.22. The first-order valence-corrected chi connectivity index (χ1v) is 7.68. The Morgan fingerprint density at radius 1 is 1.38 bits per heavy atom. The molecule has 1 heterocycles. The molecule has 0 spiro atoms. The summed E-state index contributed by atoms with van der Waals surface area (Å²) in [6.07, 6.45) is 5.37. The number of hydrogen-bond acceptors (Lipinski definition) is 3. The molecule has 2 N–H and O–H groups in total. The summed E-state index contributed by atoms with van der Waals surface area (Å²) in [5.74, 6) is 0.880. The molecule has 1 aliphatic rings. The Balaban J connectivity index is 1.69. The third kappa shape index (κ3) is 3.10. The van der Waals surface area contributed by atoms with Crippen molar-refractivity contribution < 1.29 is 4.74 Å². The van der Waals surface area contributed by atoms with Crippen LogP contribution in [0.5, 0.6) is 5.75 Å². The first-order chi connectivity index (χ1) is 10.1. The smallest absolute Gasteiger partial charge is 0.132 e. The van der Waals surface area contributed by atoms with Gasteiger partial charge in [0.25, 0.3) is 0 Å². The van der Waals surface area contributed by atoms with E-state index in [9.17, 15) is 0 Å². The van der Waals surface area contributed by atoms with E-state index in [1.165, 1.54) is 17.5 Å². The van der Waals surface area contributed by atoms with E-state index in [0.29, 0.717) is 12.6 Å². The van der Waals surface area contributed by atoms with Crippen LogP contribution in [-0.2, 0) is 13.0 Å². The average molecular weight is 285 g/mol. The molecule has 4 nitrogen and oxygen atoms in total. The number of nitrogens with zero attached hydrogens (tertiary/aromatic N) is 2. The topological polar surface area (TPSA) is 53.1 Å². The van der Waals surface area contributed by atoms with E-state index in [4.69, 9.17) is 10.5 Å². The Labute approximate surface area is 125 Å². The fraction of sp³-hybridized carbons (Fsp3) is 0.471. The van der Waals surface area contributed by atoms with Gasteiger partial charge in [0.05, 0.1) is 5.69 Å². The number of aryl methyl sites for hydroxylation is 1. The van der Waals surface area contributed by atoms with Crippen molar-refractivity contribution in [1.29, 1.82) is 0 Å². The predicted octanol–water partition coefficient (Wildman–Crippen LogP) is 3.38. The summed E-state index contributed by atoms with van der Waals surface area (Å²) >= 11 is 0. The van der Waals surface area contributed by atoms with Gasteiger partial charge in [-0.1, -0.05) is 6.07 Å². The number of hydrogen-bond donors (Lipinski definition) is 1. The average Bonchev–Trinajstić information content (AvgIpc) is 2.95. The van der Waals surface area contributed by atoms with Crippen LogP contribution in [0.15, 0.2) is 30.5 Å². The fourth-order valence-corrected chi connectivity index (χ4v) is 2.80. The van der Waals surface area contributed by atoms with Crippen LogP contribution in [0.3, 0.4) is 0 Å². The van der Waals surface area contributed by atoms with Gasteiger partial charge in [-0.25, -0.2) is 0 Å². The van der Waals surface area contributed by atoms with Gasteiger partial charge in [-0.2, -0.15) is 5.10 Å². The standard InChI is InChI=1S/C17H23N3O/c1-12(2)20-9-8-14(19-20)11-21-15-7-6-13-4-3-5-17(18)16(13)10-15/h6-10,12,17H,3-5,11,18H2,1-2H3/t17-/m0/s1. The van der Waals surface area contributed by atoms with Crippen molar-refractivity contribution in [3.63, 3.8) is 0 Å². The van der Waals surface area contributed by atoms with Gasteiger partial charge in [0.15, 0.2) is 0 Å². The Morgan fingerprint density at radius 2 is 2.24 bits per heavy atom. The molecule has 21 heavy (non-hydrogen) atoms. The largest absolute Gasteiger partial charge is 0.487 e. The van der Waals surface area contributed by atoms with E-state index in [1.807, 2.05) is 23.0 Å². The van der Waals surface area contributed by atoms with Crippen molar-refractivity contribution in [1.82, 2.24) is 9.78 Å². The first-order valence-electron chi connectivity index (χ1n) is 7.68. The number of rotatable bonds is 4. The number of nitrogens with two attached hydrogens (primary N) is 1. The molecule has 0 unspecified atom stereocenters. The Morgan fingerprint density at radius 3 is 3.00 bits per heavy atom. The van der Waals surface area contributed by atoms with Crippen molar-refractivity contribution in [2.24, 2.45) is 5.73 Å². The summed E-state index contributed by atoms with van der Waals surface area (Å²) in [6, 6.07) is 8.81. The molecule has 0 aliphatic heterocycles. The highest BCUT2D eigenvalue weighted by atomic mass is 16.5. The van der Waals surface area contributed by atoms with Crippen LogP contribution in [0, 0.1) is 0 Å². The van der Waals surface area contributed by atoms with Gasteiger partial charge >= 0.3 is 0 Å². The van der Waals surface area contributed by atoms with Gasteiger partial charge in [0.2, 0.25) is 0 Å². The molecule has 0 fully saturated rings.